The summed E-state index contributed by atoms with van der Waals surface area (Å²) in [6.45, 7) is 5.99. The highest BCUT2D eigenvalue weighted by atomic mass is 127. The van der Waals surface area contributed by atoms with Gasteiger partial charge in [-0.2, -0.15) is 0 Å². The number of nitrogens with one attached hydrogen (secondary N) is 1. The summed E-state index contributed by atoms with van der Waals surface area (Å²) in [6, 6.07) is 11.9. The minimum Gasteiger partial charge on any atom is -0.322 e. The van der Waals surface area contributed by atoms with E-state index in [2.05, 4.69) is 27.9 Å². The first-order valence-corrected chi connectivity index (χ1v) is 7.20. The standard InChI is InChI=1S/C16H16INO/c1-10-7-11(2)15(12(3)8-10)16(19)18-14-6-4-5-13(17)9-14/h4-9H,1-3H3,(H,18,19). The van der Waals surface area contributed by atoms with Crippen LogP contribution >= 0.6 is 22.6 Å². The van der Waals surface area contributed by atoms with Gasteiger partial charge in [0, 0.05) is 14.8 Å². The van der Waals surface area contributed by atoms with E-state index in [0.717, 1.165) is 25.9 Å². The van der Waals surface area contributed by atoms with Crippen LogP contribution in [0.5, 0.6) is 0 Å². The maximum atomic E-state index is 12.4. The van der Waals surface area contributed by atoms with E-state index >= 15 is 0 Å². The molecule has 1 amide bonds. The lowest BCUT2D eigenvalue weighted by molar-refractivity contribution is 0.102. The molecule has 19 heavy (non-hydrogen) atoms. The molecule has 3 heteroatoms. The molecule has 0 bridgehead atoms. The van der Waals surface area contributed by atoms with Crippen LogP contribution in [0.3, 0.4) is 0 Å². The summed E-state index contributed by atoms with van der Waals surface area (Å²) in [7, 11) is 0. The van der Waals surface area contributed by atoms with Crippen molar-refractivity contribution in [2.24, 2.45) is 0 Å². The van der Waals surface area contributed by atoms with E-state index in [1.54, 1.807) is 0 Å². The number of carbonyl (C=O) groups excluding carboxylic acids is 1. The van der Waals surface area contributed by atoms with Gasteiger partial charge in [0.2, 0.25) is 0 Å². The highest BCUT2D eigenvalue weighted by molar-refractivity contribution is 14.1. The Hall–Kier alpha value is -1.36. The van der Waals surface area contributed by atoms with Crippen molar-refractivity contribution in [3.8, 4) is 0 Å². The maximum Gasteiger partial charge on any atom is 0.256 e. The lowest BCUT2D eigenvalue weighted by Gasteiger charge is -2.12. The van der Waals surface area contributed by atoms with Gasteiger partial charge in [0.1, 0.15) is 0 Å². The van der Waals surface area contributed by atoms with E-state index in [9.17, 15) is 4.79 Å². The Morgan fingerprint density at radius 1 is 1.05 bits per heavy atom. The van der Waals surface area contributed by atoms with Crippen LogP contribution in [0.25, 0.3) is 0 Å². The van der Waals surface area contributed by atoms with Gasteiger partial charge in [-0.3, -0.25) is 4.79 Å². The van der Waals surface area contributed by atoms with Crippen LogP contribution in [-0.4, -0.2) is 5.91 Å². The van der Waals surface area contributed by atoms with Gasteiger partial charge in [0.05, 0.1) is 0 Å². The highest BCUT2D eigenvalue weighted by Gasteiger charge is 2.12. The zero-order valence-corrected chi connectivity index (χ0v) is 13.4. The van der Waals surface area contributed by atoms with Crippen LogP contribution in [-0.2, 0) is 0 Å². The van der Waals surface area contributed by atoms with Crippen LogP contribution in [0.2, 0.25) is 0 Å². The number of carbonyl (C=O) groups is 1. The van der Waals surface area contributed by atoms with Gasteiger partial charge >= 0.3 is 0 Å². The van der Waals surface area contributed by atoms with Gasteiger partial charge < -0.3 is 5.32 Å². The van der Waals surface area contributed by atoms with Crippen molar-refractivity contribution < 1.29 is 4.79 Å². The van der Waals surface area contributed by atoms with Crippen molar-refractivity contribution >= 4 is 34.2 Å². The molecular weight excluding hydrogens is 349 g/mol. The van der Waals surface area contributed by atoms with Crippen molar-refractivity contribution in [2.75, 3.05) is 5.32 Å². The summed E-state index contributed by atoms with van der Waals surface area (Å²) < 4.78 is 1.10. The number of halogens is 1. The van der Waals surface area contributed by atoms with E-state index in [-0.39, 0.29) is 5.91 Å². The number of aryl methyl sites for hydroxylation is 3. The molecule has 2 rings (SSSR count). The summed E-state index contributed by atoms with van der Waals surface area (Å²) in [4.78, 5) is 12.4. The average molecular weight is 365 g/mol. The number of benzene rings is 2. The molecule has 2 aromatic rings. The normalized spacial score (nSPS) is 10.3. The molecule has 0 heterocycles. The van der Waals surface area contributed by atoms with Crippen LogP contribution in [0.15, 0.2) is 36.4 Å². The molecule has 0 aromatic heterocycles. The third-order valence-corrected chi connectivity index (χ3v) is 3.66. The van der Waals surface area contributed by atoms with Crippen molar-refractivity contribution in [1.82, 2.24) is 0 Å². The lowest BCUT2D eigenvalue weighted by Crippen LogP contribution is -2.15. The maximum absolute atomic E-state index is 12.4. The summed E-state index contributed by atoms with van der Waals surface area (Å²) in [5.41, 5.74) is 4.81. The minimum atomic E-state index is -0.0444. The zero-order valence-electron chi connectivity index (χ0n) is 11.3. The van der Waals surface area contributed by atoms with Crippen molar-refractivity contribution in [3.05, 3.63) is 62.2 Å². The molecule has 0 unspecified atom stereocenters. The second-order valence-corrected chi connectivity index (χ2v) is 5.98. The quantitative estimate of drug-likeness (QED) is 0.782. The molecule has 0 saturated carbocycles. The van der Waals surface area contributed by atoms with Gasteiger partial charge in [-0.1, -0.05) is 23.8 Å². The predicted molar refractivity (Wildman–Crippen MR) is 87.8 cm³/mol. The van der Waals surface area contributed by atoms with Crippen LogP contribution in [0.4, 0.5) is 5.69 Å². The molecule has 0 atom stereocenters. The SMILES string of the molecule is Cc1cc(C)c(C(=O)Nc2cccc(I)c2)c(C)c1. The second kappa shape index (κ2) is 5.74. The molecule has 0 aliphatic carbocycles. The third-order valence-electron chi connectivity index (χ3n) is 2.99. The fourth-order valence-electron chi connectivity index (χ4n) is 2.30. The Bertz CT molecular complexity index is 611. The van der Waals surface area contributed by atoms with E-state index in [1.165, 1.54) is 5.56 Å². The third kappa shape index (κ3) is 3.35. The van der Waals surface area contributed by atoms with Crippen LogP contribution < -0.4 is 5.32 Å². The molecule has 0 saturated heterocycles. The van der Waals surface area contributed by atoms with Gasteiger partial charge in [-0.05, 0) is 72.7 Å². The van der Waals surface area contributed by atoms with Crippen molar-refractivity contribution in [3.63, 3.8) is 0 Å². The second-order valence-electron chi connectivity index (χ2n) is 4.74. The fourth-order valence-corrected chi connectivity index (χ4v) is 2.84. The first-order valence-electron chi connectivity index (χ1n) is 6.12. The predicted octanol–water partition coefficient (Wildman–Crippen LogP) is 4.47. The molecule has 98 valence electrons. The Balaban J connectivity index is 2.31. The number of amides is 1. The first-order chi connectivity index (χ1) is 8.97. The smallest absolute Gasteiger partial charge is 0.256 e. The van der Waals surface area contributed by atoms with Crippen molar-refractivity contribution in [1.29, 1.82) is 0 Å². The van der Waals surface area contributed by atoms with Gasteiger partial charge in [0.15, 0.2) is 0 Å². The topological polar surface area (TPSA) is 29.1 Å². The number of hydrogen-bond acceptors (Lipinski definition) is 1. The van der Waals surface area contributed by atoms with Gasteiger partial charge in [-0.15, -0.1) is 0 Å². The molecule has 0 fully saturated rings. The Kier molecular flexibility index (Phi) is 4.24. The van der Waals surface area contributed by atoms with E-state index in [4.69, 9.17) is 0 Å². The molecule has 1 N–H and O–H groups in total. The number of anilines is 1. The van der Waals surface area contributed by atoms with Gasteiger partial charge in [-0.25, -0.2) is 0 Å². The summed E-state index contributed by atoms with van der Waals surface area (Å²) in [5.74, 6) is -0.0444. The molecular formula is C16H16INO. The monoisotopic (exact) mass is 365 g/mol. The molecule has 2 nitrogen and oxygen atoms in total. The number of hydrogen-bond donors (Lipinski definition) is 1. The summed E-state index contributed by atoms with van der Waals surface area (Å²) in [5, 5.41) is 2.96. The molecule has 0 spiro atoms. The lowest BCUT2D eigenvalue weighted by atomic mass is 9.99. The molecule has 0 aliphatic rings. The highest BCUT2D eigenvalue weighted by Crippen LogP contribution is 2.19. The van der Waals surface area contributed by atoms with Crippen LogP contribution in [0, 0.1) is 24.3 Å². The summed E-state index contributed by atoms with van der Waals surface area (Å²) >= 11 is 2.23. The zero-order chi connectivity index (χ0) is 14.0. The minimum absolute atomic E-state index is 0.0444. The van der Waals surface area contributed by atoms with E-state index in [0.29, 0.717) is 0 Å². The Labute approximate surface area is 127 Å². The van der Waals surface area contributed by atoms with E-state index < -0.39 is 0 Å². The first kappa shape index (κ1) is 14.1. The molecule has 2 aromatic carbocycles. The molecule has 0 aliphatic heterocycles. The summed E-state index contributed by atoms with van der Waals surface area (Å²) in [6.07, 6.45) is 0. The average Bonchev–Trinajstić information content (AvgIpc) is 2.27. The Morgan fingerprint density at radius 3 is 2.26 bits per heavy atom. The number of rotatable bonds is 2. The fraction of sp³-hybridized carbons (Fsp3) is 0.188. The largest absolute Gasteiger partial charge is 0.322 e. The van der Waals surface area contributed by atoms with Crippen LogP contribution in [0.1, 0.15) is 27.0 Å². The van der Waals surface area contributed by atoms with Crippen molar-refractivity contribution in [2.45, 2.75) is 20.8 Å². The Morgan fingerprint density at radius 2 is 1.68 bits per heavy atom. The van der Waals surface area contributed by atoms with Gasteiger partial charge in [0.25, 0.3) is 5.91 Å². The molecule has 0 radical (unpaired) electrons. The van der Waals surface area contributed by atoms with E-state index in [1.807, 2.05) is 57.2 Å².